The fraction of sp³-hybridized carbons (Fsp3) is 1.00. The van der Waals surface area contributed by atoms with Crippen LogP contribution in [0.1, 0.15) is 84.0 Å². The van der Waals surface area contributed by atoms with Crippen molar-refractivity contribution in [2.24, 2.45) is 0 Å². The Kier molecular flexibility index (Phi) is 12.2. The van der Waals surface area contributed by atoms with E-state index < -0.39 is 0 Å². The summed E-state index contributed by atoms with van der Waals surface area (Å²) in [5.41, 5.74) is 0. The van der Waals surface area contributed by atoms with Crippen LogP contribution in [0.4, 0.5) is 0 Å². The number of hydrogen-bond donors (Lipinski definition) is 1. The van der Waals surface area contributed by atoms with Gasteiger partial charge in [0.2, 0.25) is 0 Å². The van der Waals surface area contributed by atoms with Crippen LogP contribution in [0.25, 0.3) is 0 Å². The molecule has 0 aliphatic heterocycles. The topological polar surface area (TPSA) is 38.7 Å². The molecule has 0 amide bonds. The SMILES string of the molecule is CCCCOCCOC1CCCCCCCCCCC1O. The highest BCUT2D eigenvalue weighted by Gasteiger charge is 2.19. The molecule has 1 fully saturated rings. The first kappa shape index (κ1) is 18.9. The summed E-state index contributed by atoms with van der Waals surface area (Å²) in [5, 5.41) is 10.3. The number of rotatable bonds is 7. The van der Waals surface area contributed by atoms with Gasteiger partial charge in [0, 0.05) is 6.61 Å². The van der Waals surface area contributed by atoms with Crippen LogP contribution in [-0.4, -0.2) is 37.1 Å². The molecular weight excluding hydrogens is 264 g/mol. The zero-order valence-corrected chi connectivity index (χ0v) is 14.0. The third-order valence-electron chi connectivity index (χ3n) is 4.37. The molecule has 0 aromatic carbocycles. The highest BCUT2D eigenvalue weighted by atomic mass is 16.5. The second kappa shape index (κ2) is 13.5. The molecule has 0 saturated heterocycles. The Hall–Kier alpha value is -0.120. The van der Waals surface area contributed by atoms with E-state index >= 15 is 0 Å². The maximum Gasteiger partial charge on any atom is 0.0835 e. The van der Waals surface area contributed by atoms with Crippen molar-refractivity contribution in [2.75, 3.05) is 19.8 Å². The molecule has 1 saturated carbocycles. The lowest BCUT2D eigenvalue weighted by atomic mass is 9.97. The predicted octanol–water partition coefficient (Wildman–Crippen LogP) is 4.46. The lowest BCUT2D eigenvalue weighted by Gasteiger charge is -2.24. The summed E-state index contributed by atoms with van der Waals surface area (Å²) in [7, 11) is 0. The minimum atomic E-state index is -0.292. The van der Waals surface area contributed by atoms with Gasteiger partial charge in [0.25, 0.3) is 0 Å². The van der Waals surface area contributed by atoms with E-state index in [1.807, 2.05) is 0 Å². The van der Waals surface area contributed by atoms with E-state index in [1.165, 1.54) is 51.4 Å². The molecule has 2 atom stereocenters. The number of unbranched alkanes of at least 4 members (excludes halogenated alkanes) is 1. The van der Waals surface area contributed by atoms with E-state index in [2.05, 4.69) is 6.92 Å². The minimum absolute atomic E-state index is 0.0131. The van der Waals surface area contributed by atoms with Gasteiger partial charge in [0.15, 0.2) is 0 Å². The molecule has 0 spiro atoms. The van der Waals surface area contributed by atoms with Crippen LogP contribution in [0, 0.1) is 0 Å². The molecule has 0 aromatic rings. The number of aliphatic hydroxyl groups is 1. The average molecular weight is 300 g/mol. The van der Waals surface area contributed by atoms with Gasteiger partial charge in [-0.2, -0.15) is 0 Å². The van der Waals surface area contributed by atoms with Crippen molar-refractivity contribution in [1.29, 1.82) is 0 Å². The van der Waals surface area contributed by atoms with Crippen LogP contribution in [0.3, 0.4) is 0 Å². The van der Waals surface area contributed by atoms with Gasteiger partial charge < -0.3 is 14.6 Å². The fourth-order valence-electron chi connectivity index (χ4n) is 2.94. The molecule has 0 aromatic heterocycles. The Balaban J connectivity index is 2.21. The van der Waals surface area contributed by atoms with Gasteiger partial charge in [0.1, 0.15) is 0 Å². The Morgan fingerprint density at radius 2 is 1.43 bits per heavy atom. The van der Waals surface area contributed by atoms with E-state index in [0.717, 1.165) is 32.3 Å². The molecule has 1 rings (SSSR count). The molecule has 0 bridgehead atoms. The molecule has 1 aliphatic rings. The van der Waals surface area contributed by atoms with Crippen LogP contribution in [0.5, 0.6) is 0 Å². The summed E-state index contributed by atoms with van der Waals surface area (Å²) in [5.74, 6) is 0. The summed E-state index contributed by atoms with van der Waals surface area (Å²) < 4.78 is 11.4. The van der Waals surface area contributed by atoms with E-state index in [-0.39, 0.29) is 12.2 Å². The van der Waals surface area contributed by atoms with Crippen molar-refractivity contribution >= 4 is 0 Å². The molecular formula is C18H36O3. The van der Waals surface area contributed by atoms with E-state index in [0.29, 0.717) is 13.2 Å². The van der Waals surface area contributed by atoms with Gasteiger partial charge in [-0.25, -0.2) is 0 Å². The monoisotopic (exact) mass is 300 g/mol. The fourth-order valence-corrected chi connectivity index (χ4v) is 2.94. The minimum Gasteiger partial charge on any atom is -0.390 e. The lowest BCUT2D eigenvalue weighted by Crippen LogP contribution is -2.30. The highest BCUT2D eigenvalue weighted by Crippen LogP contribution is 2.19. The quantitative estimate of drug-likeness (QED) is 0.705. The molecule has 21 heavy (non-hydrogen) atoms. The standard InChI is InChI=1S/C18H36O3/c1-2-3-14-20-15-16-21-18-13-11-9-7-5-4-6-8-10-12-17(18)19/h17-19H,2-16H2,1H3. The van der Waals surface area contributed by atoms with Crippen molar-refractivity contribution in [3.63, 3.8) is 0 Å². The van der Waals surface area contributed by atoms with Crippen LogP contribution in [0.15, 0.2) is 0 Å². The van der Waals surface area contributed by atoms with E-state index in [1.54, 1.807) is 0 Å². The second-order valence-electron chi connectivity index (χ2n) is 6.35. The van der Waals surface area contributed by atoms with Crippen LogP contribution in [0.2, 0.25) is 0 Å². The van der Waals surface area contributed by atoms with Crippen molar-refractivity contribution in [2.45, 2.75) is 96.2 Å². The molecule has 1 N–H and O–H groups in total. The second-order valence-corrected chi connectivity index (χ2v) is 6.35. The van der Waals surface area contributed by atoms with E-state index in [9.17, 15) is 5.11 Å². The Morgan fingerprint density at radius 3 is 2.10 bits per heavy atom. The summed E-state index contributed by atoms with van der Waals surface area (Å²) in [6.07, 6.45) is 14.1. The number of ether oxygens (including phenoxy) is 2. The third-order valence-corrected chi connectivity index (χ3v) is 4.37. The Morgan fingerprint density at radius 1 is 0.810 bits per heavy atom. The first-order chi connectivity index (χ1) is 10.3. The van der Waals surface area contributed by atoms with Crippen LogP contribution >= 0.6 is 0 Å². The molecule has 3 heteroatoms. The normalized spacial score (nSPS) is 26.0. The molecule has 1 aliphatic carbocycles. The summed E-state index contributed by atoms with van der Waals surface area (Å²) >= 11 is 0. The molecule has 3 nitrogen and oxygen atoms in total. The van der Waals surface area contributed by atoms with Crippen LogP contribution < -0.4 is 0 Å². The number of aliphatic hydroxyl groups excluding tert-OH is 1. The van der Waals surface area contributed by atoms with Crippen molar-refractivity contribution in [3.8, 4) is 0 Å². The molecule has 2 unspecified atom stereocenters. The Bertz CT molecular complexity index is 221. The predicted molar refractivity (Wildman–Crippen MR) is 87.6 cm³/mol. The zero-order chi connectivity index (χ0) is 15.2. The van der Waals surface area contributed by atoms with Gasteiger partial charge in [-0.05, 0) is 19.3 Å². The largest absolute Gasteiger partial charge is 0.390 e. The average Bonchev–Trinajstić information content (AvgIpc) is 2.48. The van der Waals surface area contributed by atoms with Gasteiger partial charge >= 0.3 is 0 Å². The summed E-state index contributed by atoms with van der Waals surface area (Å²) in [6, 6.07) is 0. The first-order valence-electron chi connectivity index (χ1n) is 9.22. The van der Waals surface area contributed by atoms with Crippen LogP contribution in [-0.2, 0) is 9.47 Å². The van der Waals surface area contributed by atoms with Gasteiger partial charge in [-0.1, -0.05) is 64.7 Å². The smallest absolute Gasteiger partial charge is 0.0835 e. The maximum absolute atomic E-state index is 10.3. The first-order valence-corrected chi connectivity index (χ1v) is 9.22. The van der Waals surface area contributed by atoms with Crippen molar-refractivity contribution in [3.05, 3.63) is 0 Å². The van der Waals surface area contributed by atoms with Crippen molar-refractivity contribution < 1.29 is 14.6 Å². The molecule has 0 radical (unpaired) electrons. The summed E-state index contributed by atoms with van der Waals surface area (Å²) in [6.45, 7) is 4.27. The van der Waals surface area contributed by atoms with Crippen molar-refractivity contribution in [1.82, 2.24) is 0 Å². The Labute approximate surface area is 131 Å². The zero-order valence-electron chi connectivity index (χ0n) is 14.0. The summed E-state index contributed by atoms with van der Waals surface area (Å²) in [4.78, 5) is 0. The maximum atomic E-state index is 10.3. The molecule has 126 valence electrons. The van der Waals surface area contributed by atoms with Gasteiger partial charge in [-0.15, -0.1) is 0 Å². The van der Waals surface area contributed by atoms with Gasteiger partial charge in [0.05, 0.1) is 25.4 Å². The van der Waals surface area contributed by atoms with Gasteiger partial charge in [-0.3, -0.25) is 0 Å². The highest BCUT2D eigenvalue weighted by molar-refractivity contribution is 4.70. The molecule has 0 heterocycles. The number of hydrogen-bond acceptors (Lipinski definition) is 3. The third kappa shape index (κ3) is 10.3. The van der Waals surface area contributed by atoms with E-state index in [4.69, 9.17) is 9.47 Å². The lowest BCUT2D eigenvalue weighted by molar-refractivity contribution is -0.0635.